The lowest BCUT2D eigenvalue weighted by atomic mass is 9.67. The highest BCUT2D eigenvalue weighted by Gasteiger charge is 2.44. The number of hydrogen-bond acceptors (Lipinski definition) is 2. The Morgan fingerprint density at radius 2 is 0.778 bits per heavy atom. The molecule has 8 aliphatic carbocycles. The fourth-order valence-electron chi connectivity index (χ4n) is 10.9. The molecule has 4 nitrogen and oxygen atoms in total. The lowest BCUT2D eigenvalue weighted by molar-refractivity contribution is 0.165. The summed E-state index contributed by atoms with van der Waals surface area (Å²) in [5.74, 6) is 5.89. The van der Waals surface area contributed by atoms with E-state index in [-0.39, 0.29) is 11.1 Å². The van der Waals surface area contributed by atoms with Gasteiger partial charge in [0.2, 0.25) is 0 Å². The summed E-state index contributed by atoms with van der Waals surface area (Å²) in [6.07, 6.45) is 13.2. The second-order valence-electron chi connectivity index (χ2n) is 13.8. The first-order valence-electron chi connectivity index (χ1n) is 14.6. The molecule has 2 heterocycles. The topological polar surface area (TPSA) is 43.0 Å². The molecule has 8 aliphatic rings. The first-order chi connectivity index (χ1) is 17.6. The van der Waals surface area contributed by atoms with Crippen LogP contribution >= 0.6 is 0 Å². The third kappa shape index (κ3) is 2.25. The molecule has 0 aliphatic heterocycles. The normalized spacial score (nSPS) is 37.7. The van der Waals surface area contributed by atoms with Crippen LogP contribution in [0.15, 0.2) is 33.9 Å². The van der Waals surface area contributed by atoms with Crippen molar-refractivity contribution in [2.45, 2.75) is 87.9 Å². The van der Waals surface area contributed by atoms with Gasteiger partial charge in [-0.3, -0.25) is 9.59 Å². The van der Waals surface area contributed by atoms with Crippen LogP contribution in [0.25, 0.3) is 21.8 Å². The molecule has 8 bridgehead atoms. The van der Waals surface area contributed by atoms with E-state index < -0.39 is 0 Å². The summed E-state index contributed by atoms with van der Waals surface area (Å²) in [4.78, 5) is 27.6. The van der Waals surface area contributed by atoms with Crippen molar-refractivity contribution in [3.8, 4) is 0 Å². The standard InChI is InChI=1S/C32H32N2O2/c35-31-27-11-23-19-3-15-1-16(4-19)8-21(7-15)25(23)13-29(27)33-30-14-26-22-9-17-2-18(10-22)6-20(5-17)24(26)12-28(30)32(36)34(31)33/h11-22H,1-10H2. The molecule has 4 heteroatoms. The Hall–Kier alpha value is -2.62. The number of hydrogen-bond donors (Lipinski definition) is 0. The van der Waals surface area contributed by atoms with E-state index in [2.05, 4.69) is 24.3 Å². The van der Waals surface area contributed by atoms with Crippen LogP contribution in [-0.2, 0) is 0 Å². The summed E-state index contributed by atoms with van der Waals surface area (Å²) < 4.78 is 3.48. The van der Waals surface area contributed by atoms with Crippen LogP contribution in [0.4, 0.5) is 0 Å². The molecule has 0 amide bonds. The molecule has 4 saturated carbocycles. The van der Waals surface area contributed by atoms with Crippen LogP contribution in [0, 0.1) is 23.7 Å². The van der Waals surface area contributed by atoms with Crippen LogP contribution in [0.3, 0.4) is 0 Å². The first kappa shape index (κ1) is 19.5. The molecule has 182 valence electrons. The van der Waals surface area contributed by atoms with Gasteiger partial charge in [0.15, 0.2) is 0 Å². The largest absolute Gasteiger partial charge is 0.282 e. The van der Waals surface area contributed by atoms with Gasteiger partial charge in [-0.1, -0.05) is 0 Å². The van der Waals surface area contributed by atoms with E-state index in [1.165, 1.54) is 91.0 Å². The molecule has 36 heavy (non-hydrogen) atoms. The number of rotatable bonds is 0. The molecule has 0 spiro atoms. The molecule has 2 aromatic carbocycles. The SMILES string of the molecule is O=c1c2cc3c(cc2n2c4cc5c(cc4c(=O)n12)C1CC2CC(C1)CC5C2)C1CC2CC(CC3C2)C1. The highest BCUT2D eigenvalue weighted by atomic mass is 16.2. The Bertz CT molecular complexity index is 1610. The van der Waals surface area contributed by atoms with Gasteiger partial charge in [-0.2, -0.15) is 4.52 Å². The molecule has 4 atom stereocenters. The van der Waals surface area contributed by atoms with Crippen molar-refractivity contribution < 1.29 is 0 Å². The average Bonchev–Trinajstić information content (AvgIpc) is 3.17. The lowest BCUT2D eigenvalue weighted by Gasteiger charge is -2.38. The molecule has 0 saturated heterocycles. The van der Waals surface area contributed by atoms with Crippen LogP contribution < -0.4 is 11.1 Å². The Morgan fingerprint density at radius 3 is 1.14 bits per heavy atom. The van der Waals surface area contributed by atoms with E-state index >= 15 is 0 Å². The van der Waals surface area contributed by atoms with Crippen LogP contribution in [0.5, 0.6) is 0 Å². The molecular weight excluding hydrogens is 444 g/mol. The summed E-state index contributed by atoms with van der Waals surface area (Å²) in [6.45, 7) is 0. The third-order valence-corrected chi connectivity index (χ3v) is 11.9. The number of nitrogens with zero attached hydrogens (tertiary/aromatic N) is 2. The zero-order valence-electron chi connectivity index (χ0n) is 20.7. The van der Waals surface area contributed by atoms with Crippen molar-refractivity contribution in [2.24, 2.45) is 23.7 Å². The van der Waals surface area contributed by atoms with E-state index in [1.54, 1.807) is 0 Å². The minimum absolute atomic E-state index is 0.116. The van der Waals surface area contributed by atoms with E-state index in [9.17, 15) is 9.59 Å². The third-order valence-electron chi connectivity index (χ3n) is 11.9. The summed E-state index contributed by atoms with van der Waals surface area (Å²) in [6, 6.07) is 9.13. The molecule has 4 fully saturated rings. The number of benzene rings is 2. The maximum Gasteiger partial charge on any atom is 0.282 e. The predicted octanol–water partition coefficient (Wildman–Crippen LogP) is 6.29. The van der Waals surface area contributed by atoms with Gasteiger partial charge in [0.05, 0.1) is 21.8 Å². The van der Waals surface area contributed by atoms with Crippen molar-refractivity contribution in [1.29, 1.82) is 0 Å². The highest BCUT2D eigenvalue weighted by molar-refractivity contribution is 5.89. The molecule has 2 aromatic heterocycles. The molecule has 0 N–H and O–H groups in total. The van der Waals surface area contributed by atoms with Gasteiger partial charge in [-0.15, -0.1) is 0 Å². The van der Waals surface area contributed by atoms with Gasteiger partial charge in [-0.05, 0) is 158 Å². The monoisotopic (exact) mass is 476 g/mol. The van der Waals surface area contributed by atoms with Gasteiger partial charge in [0, 0.05) is 0 Å². The first-order valence-corrected chi connectivity index (χ1v) is 14.6. The quantitative estimate of drug-likeness (QED) is 0.300. The molecular formula is C32H32N2O2. The van der Waals surface area contributed by atoms with Gasteiger partial charge in [0.1, 0.15) is 0 Å². The van der Waals surface area contributed by atoms with E-state index in [0.717, 1.165) is 45.5 Å². The molecule has 4 aromatic rings. The number of fused-ring (bicyclic) bond motifs is 5. The van der Waals surface area contributed by atoms with Crippen LogP contribution in [0.1, 0.15) is 110 Å². The Morgan fingerprint density at radius 1 is 0.444 bits per heavy atom. The zero-order valence-corrected chi connectivity index (χ0v) is 20.7. The minimum Gasteiger partial charge on any atom is -0.267 e. The highest BCUT2D eigenvalue weighted by Crippen LogP contribution is 2.58. The molecule has 4 unspecified atom stereocenters. The Kier molecular flexibility index (Phi) is 3.39. The molecule has 12 rings (SSSR count). The zero-order chi connectivity index (χ0) is 23.4. The van der Waals surface area contributed by atoms with Crippen molar-refractivity contribution in [1.82, 2.24) is 9.03 Å². The average molecular weight is 477 g/mol. The summed E-state index contributed by atoms with van der Waals surface area (Å²) in [7, 11) is 0. The smallest absolute Gasteiger partial charge is 0.267 e. The van der Waals surface area contributed by atoms with Crippen molar-refractivity contribution >= 4 is 21.8 Å². The van der Waals surface area contributed by atoms with Gasteiger partial charge in [-0.25, -0.2) is 4.52 Å². The Labute approximate surface area is 209 Å². The van der Waals surface area contributed by atoms with Gasteiger partial charge >= 0.3 is 0 Å². The summed E-state index contributed by atoms with van der Waals surface area (Å²) in [5, 5.41) is 1.51. The van der Waals surface area contributed by atoms with E-state index in [1.807, 2.05) is 4.52 Å². The number of aromatic nitrogens is 2. The maximum absolute atomic E-state index is 13.8. The Balaban J connectivity index is 1.28. The fraction of sp³-hybridized carbons (Fsp3) is 0.562. The van der Waals surface area contributed by atoms with E-state index in [0.29, 0.717) is 23.7 Å². The van der Waals surface area contributed by atoms with Crippen molar-refractivity contribution in [3.05, 3.63) is 67.2 Å². The van der Waals surface area contributed by atoms with Gasteiger partial charge in [0.25, 0.3) is 11.1 Å². The lowest BCUT2D eigenvalue weighted by Crippen LogP contribution is -2.25. The predicted molar refractivity (Wildman–Crippen MR) is 141 cm³/mol. The van der Waals surface area contributed by atoms with Crippen molar-refractivity contribution in [2.75, 3.05) is 0 Å². The second kappa shape index (κ2) is 6.26. The second-order valence-corrected chi connectivity index (χ2v) is 13.8. The van der Waals surface area contributed by atoms with Crippen molar-refractivity contribution in [3.63, 3.8) is 0 Å². The fourth-order valence-corrected chi connectivity index (χ4v) is 10.9. The molecule has 0 radical (unpaired) electrons. The minimum atomic E-state index is -0.116. The summed E-state index contributed by atoms with van der Waals surface area (Å²) >= 11 is 0. The van der Waals surface area contributed by atoms with Crippen LogP contribution in [-0.4, -0.2) is 9.03 Å². The van der Waals surface area contributed by atoms with Crippen LogP contribution in [0.2, 0.25) is 0 Å². The van der Waals surface area contributed by atoms with E-state index in [4.69, 9.17) is 0 Å². The van der Waals surface area contributed by atoms with Gasteiger partial charge < -0.3 is 0 Å². The maximum atomic E-state index is 13.8. The summed E-state index contributed by atoms with van der Waals surface area (Å²) in [5.41, 5.74) is 7.54.